The summed E-state index contributed by atoms with van der Waals surface area (Å²) in [5, 5.41) is 9.88. The maximum Gasteiger partial charge on any atom is 0.328 e. The number of rotatable bonds is 19. The third-order valence-corrected chi connectivity index (χ3v) is 15.3. The van der Waals surface area contributed by atoms with E-state index >= 15 is 0 Å². The summed E-state index contributed by atoms with van der Waals surface area (Å²) < 4.78 is 20.6. The number of thiocarbonyl (C=S) groups is 2. The standard InChI is InChI=1S/C26H30Cl2N2O4S.C20H29NO3S.C7H3Cl3O/c1-33-15-14-26(12-3-4-13-26)25(35)30-21(24(32)34-2)16-17-8-10-18(11-9-17)29-23(31)22-19(27)6-5-7-20(22)28;1-15-6-8-16(9-7-15)14-17(18(22)24-3)21-19(25)20(12-13-23-2)10-4-5-11-20;8-4-2-1-3-5(9)6(4)7(10)11/h5-11,21H,3-4,12-16H2,1-2H3,(H,29,31)(H,30,35);6-9,17H,4-5,10-14H2,1-3H3,(H,21,25);1-3H. The summed E-state index contributed by atoms with van der Waals surface area (Å²) in [6.45, 7) is 3.36. The Bertz CT molecular complexity index is 2390. The van der Waals surface area contributed by atoms with Crippen LogP contribution in [-0.4, -0.2) is 86.8 Å². The summed E-state index contributed by atoms with van der Waals surface area (Å²) in [4.78, 5) is 49.6. The lowest BCUT2D eigenvalue weighted by Gasteiger charge is -2.32. The molecule has 2 aliphatic carbocycles. The molecular weight excluding hydrogens is 1050 g/mol. The first-order valence-electron chi connectivity index (χ1n) is 23.2. The molecule has 2 aliphatic rings. The molecule has 11 nitrogen and oxygen atoms in total. The third kappa shape index (κ3) is 17.6. The summed E-state index contributed by atoms with van der Waals surface area (Å²) >= 11 is 40.3. The fourth-order valence-electron chi connectivity index (χ4n) is 8.69. The number of amides is 1. The van der Waals surface area contributed by atoms with Crippen LogP contribution in [-0.2, 0) is 41.4 Å². The van der Waals surface area contributed by atoms with Crippen molar-refractivity contribution in [1.82, 2.24) is 10.6 Å². The van der Waals surface area contributed by atoms with Gasteiger partial charge in [0.25, 0.3) is 11.1 Å². The van der Waals surface area contributed by atoms with Gasteiger partial charge in [-0.15, -0.1) is 0 Å². The fourth-order valence-corrected chi connectivity index (χ4v) is 11.0. The molecule has 0 aromatic heterocycles. The van der Waals surface area contributed by atoms with E-state index in [4.69, 9.17) is 101 Å². The zero-order chi connectivity index (χ0) is 52.1. The van der Waals surface area contributed by atoms with Crippen molar-refractivity contribution in [1.29, 1.82) is 0 Å². The van der Waals surface area contributed by atoms with Gasteiger partial charge in [-0.2, -0.15) is 0 Å². The maximum atomic E-state index is 12.6. The van der Waals surface area contributed by atoms with Gasteiger partial charge in [0.1, 0.15) is 12.1 Å². The molecule has 0 heterocycles. The van der Waals surface area contributed by atoms with Crippen LogP contribution in [0, 0.1) is 17.8 Å². The average molecular weight is 1110 g/mol. The van der Waals surface area contributed by atoms with Gasteiger partial charge in [0, 0.05) is 56.8 Å². The van der Waals surface area contributed by atoms with Crippen LogP contribution in [0.2, 0.25) is 20.1 Å². The van der Waals surface area contributed by atoms with Gasteiger partial charge in [0.05, 0.1) is 55.4 Å². The molecule has 2 fully saturated rings. The number of nitrogens with one attached hydrogen (secondary N) is 3. The molecule has 384 valence electrons. The van der Waals surface area contributed by atoms with Crippen molar-refractivity contribution in [3.05, 3.63) is 133 Å². The number of halogens is 5. The number of methoxy groups -OCH3 is 4. The van der Waals surface area contributed by atoms with Crippen molar-refractivity contribution < 1.29 is 38.1 Å². The largest absolute Gasteiger partial charge is 0.467 e. The minimum atomic E-state index is -0.638. The molecule has 0 bridgehead atoms. The van der Waals surface area contributed by atoms with Crippen LogP contribution >= 0.6 is 82.4 Å². The Morgan fingerprint density at radius 2 is 0.944 bits per heavy atom. The van der Waals surface area contributed by atoms with E-state index in [0.29, 0.717) is 36.7 Å². The van der Waals surface area contributed by atoms with Crippen LogP contribution in [0.3, 0.4) is 0 Å². The first-order valence-corrected chi connectivity index (χ1v) is 25.9. The summed E-state index contributed by atoms with van der Waals surface area (Å²) in [6, 6.07) is 24.0. The van der Waals surface area contributed by atoms with E-state index in [-0.39, 0.29) is 54.0 Å². The number of hydrogen-bond donors (Lipinski definition) is 3. The van der Waals surface area contributed by atoms with Crippen LogP contribution in [0.15, 0.2) is 84.9 Å². The van der Waals surface area contributed by atoms with Crippen molar-refractivity contribution in [3.63, 3.8) is 0 Å². The van der Waals surface area contributed by atoms with Gasteiger partial charge in [-0.05, 0) is 105 Å². The smallest absolute Gasteiger partial charge is 0.328 e. The predicted octanol–water partition coefficient (Wildman–Crippen LogP) is 12.8. The zero-order valence-corrected chi connectivity index (χ0v) is 46.0. The molecule has 2 unspecified atom stereocenters. The van der Waals surface area contributed by atoms with Gasteiger partial charge < -0.3 is 34.9 Å². The molecule has 2 saturated carbocycles. The molecule has 0 spiro atoms. The van der Waals surface area contributed by atoms with Crippen LogP contribution in [0.5, 0.6) is 0 Å². The number of carbonyl (C=O) groups is 4. The lowest BCUT2D eigenvalue weighted by molar-refractivity contribution is -0.143. The number of aryl methyl sites for hydroxylation is 1. The molecule has 3 N–H and O–H groups in total. The lowest BCUT2D eigenvalue weighted by Crippen LogP contribution is -2.48. The van der Waals surface area contributed by atoms with E-state index in [1.54, 1.807) is 62.8 Å². The first-order chi connectivity index (χ1) is 33.9. The molecule has 1 amide bonds. The lowest BCUT2D eigenvalue weighted by atomic mass is 9.82. The summed E-state index contributed by atoms with van der Waals surface area (Å²) in [7, 11) is 6.19. The first kappa shape index (κ1) is 59.7. The minimum Gasteiger partial charge on any atom is -0.467 e. The molecule has 0 radical (unpaired) electrons. The van der Waals surface area contributed by atoms with Gasteiger partial charge in [-0.25, -0.2) is 9.59 Å². The second-order valence-corrected chi connectivity index (χ2v) is 20.4. The van der Waals surface area contributed by atoms with Gasteiger partial charge in [-0.3, -0.25) is 9.59 Å². The number of esters is 2. The molecule has 18 heteroatoms. The van der Waals surface area contributed by atoms with Crippen molar-refractivity contribution >= 4 is 121 Å². The molecule has 0 aliphatic heterocycles. The van der Waals surface area contributed by atoms with Crippen molar-refractivity contribution in [2.24, 2.45) is 10.8 Å². The Morgan fingerprint density at radius 3 is 1.28 bits per heavy atom. The zero-order valence-electron chi connectivity index (χ0n) is 40.6. The van der Waals surface area contributed by atoms with Crippen molar-refractivity contribution in [2.75, 3.05) is 47.0 Å². The Balaban J connectivity index is 0.000000263. The molecule has 0 saturated heterocycles. The van der Waals surface area contributed by atoms with Crippen molar-refractivity contribution in [2.45, 2.75) is 96.1 Å². The van der Waals surface area contributed by atoms with E-state index in [1.165, 1.54) is 32.6 Å². The average Bonchev–Trinajstić information content (AvgIpc) is 4.05. The van der Waals surface area contributed by atoms with Gasteiger partial charge in [-0.1, -0.05) is 151 Å². The highest BCUT2D eigenvalue weighted by Crippen LogP contribution is 2.43. The second kappa shape index (κ2) is 29.7. The number of hydrogen-bond acceptors (Lipinski definition) is 10. The van der Waals surface area contributed by atoms with E-state index in [9.17, 15) is 19.2 Å². The minimum absolute atomic E-state index is 0.0507. The summed E-state index contributed by atoms with van der Waals surface area (Å²) in [6.07, 6.45) is 11.3. The van der Waals surface area contributed by atoms with E-state index in [0.717, 1.165) is 67.5 Å². The highest BCUT2D eigenvalue weighted by Gasteiger charge is 2.40. The second-order valence-electron chi connectivity index (χ2n) is 17.6. The third-order valence-electron chi connectivity index (χ3n) is 12.8. The Hall–Kier alpha value is -3.89. The van der Waals surface area contributed by atoms with E-state index in [2.05, 4.69) is 35.0 Å². The van der Waals surface area contributed by atoms with E-state index < -0.39 is 23.2 Å². The number of carbonyl (C=O) groups excluding carboxylic acids is 4. The Morgan fingerprint density at radius 1 is 0.577 bits per heavy atom. The van der Waals surface area contributed by atoms with E-state index in [1.807, 2.05) is 24.3 Å². The summed E-state index contributed by atoms with van der Waals surface area (Å²) in [5.74, 6) is -1.05. The van der Waals surface area contributed by atoms with Gasteiger partial charge >= 0.3 is 11.9 Å². The normalized spacial score (nSPS) is 15.1. The Labute approximate surface area is 453 Å². The molecule has 4 aromatic carbocycles. The topological polar surface area (TPSA) is 141 Å². The SMILES string of the molecule is COCCC1(C(=S)NC(Cc2ccc(C)cc2)C(=O)OC)CCCC1.COCCC1(C(=S)NC(Cc2ccc(NC(=O)c3c(Cl)cccc3Cl)cc2)C(=O)OC)CCCC1.O=C(Cl)c1c(Cl)cccc1Cl. The Kier molecular flexibility index (Phi) is 25.0. The maximum absolute atomic E-state index is 12.6. The van der Waals surface area contributed by atoms with Crippen LogP contribution in [0.1, 0.15) is 102 Å². The molecule has 4 aromatic rings. The van der Waals surface area contributed by atoms with Crippen LogP contribution < -0.4 is 16.0 Å². The summed E-state index contributed by atoms with van der Waals surface area (Å²) in [5.41, 5.74) is 3.95. The molecule has 2 atom stereocenters. The van der Waals surface area contributed by atoms with Crippen LogP contribution in [0.4, 0.5) is 5.69 Å². The monoisotopic (exact) mass is 1110 g/mol. The quantitative estimate of drug-likeness (QED) is 0.0467. The fraction of sp³-hybridized carbons (Fsp3) is 0.434. The predicted molar refractivity (Wildman–Crippen MR) is 294 cm³/mol. The van der Waals surface area contributed by atoms with Crippen LogP contribution in [0.25, 0.3) is 0 Å². The molecule has 6 rings (SSSR count). The number of benzene rings is 4. The molecular formula is C53H62Cl5N3O8S2. The van der Waals surface area contributed by atoms with Gasteiger partial charge in [0.15, 0.2) is 0 Å². The van der Waals surface area contributed by atoms with Gasteiger partial charge in [0.2, 0.25) is 0 Å². The molecule has 71 heavy (non-hydrogen) atoms. The van der Waals surface area contributed by atoms with Crippen molar-refractivity contribution in [3.8, 4) is 0 Å². The highest BCUT2D eigenvalue weighted by molar-refractivity contribution is 7.80. The number of anilines is 1. The number of ether oxygens (including phenoxy) is 4. The highest BCUT2D eigenvalue weighted by atomic mass is 35.5.